The van der Waals surface area contributed by atoms with Gasteiger partial charge in [-0.1, -0.05) is 238 Å². The maximum absolute atomic E-state index is 12.1. The zero-order chi connectivity index (χ0) is 36.7. The molecule has 298 valence electrons. The number of hydrogen-bond acceptors (Lipinski definition) is 3. The lowest BCUT2D eigenvalue weighted by Gasteiger charge is -2.15. The molecular formula is C47H85ClO3. The van der Waals surface area contributed by atoms with Gasteiger partial charge in [0, 0.05) is 0 Å². The van der Waals surface area contributed by atoms with E-state index in [0.717, 1.165) is 19.3 Å². The van der Waals surface area contributed by atoms with Gasteiger partial charge in [-0.05, 0) is 36.6 Å². The molecule has 1 rings (SSSR count). The van der Waals surface area contributed by atoms with Crippen LogP contribution in [0.3, 0.4) is 0 Å². The zero-order valence-electron chi connectivity index (χ0n) is 34.2. The molecule has 0 N–H and O–H groups in total. The number of hydrogen-bond donors (Lipinski definition) is 0. The van der Waals surface area contributed by atoms with Crippen molar-refractivity contribution < 1.29 is 14.3 Å². The number of para-hydroxylation sites is 1. The summed E-state index contributed by atoms with van der Waals surface area (Å²) in [6.07, 6.45) is 49.1. The molecule has 0 radical (unpaired) electrons. The third-order valence-corrected chi connectivity index (χ3v) is 10.9. The number of benzene rings is 1. The molecule has 0 unspecified atom stereocenters. The van der Waals surface area contributed by atoms with Crippen LogP contribution < -0.4 is 9.47 Å². The highest BCUT2D eigenvalue weighted by molar-refractivity contribution is 6.68. The number of carbonyl (C=O) groups excluding carboxylic acids is 1. The maximum Gasteiger partial charge on any atom is 0.256 e. The summed E-state index contributed by atoms with van der Waals surface area (Å²) >= 11 is 5.91. The first-order chi connectivity index (χ1) is 25.2. The van der Waals surface area contributed by atoms with E-state index in [1.165, 1.54) is 212 Å². The Balaban J connectivity index is 2.01. The zero-order valence-corrected chi connectivity index (χ0v) is 35.0. The van der Waals surface area contributed by atoms with Crippen LogP contribution in [0.1, 0.15) is 255 Å². The van der Waals surface area contributed by atoms with E-state index in [2.05, 4.69) is 13.8 Å². The van der Waals surface area contributed by atoms with Gasteiger partial charge < -0.3 is 9.47 Å². The van der Waals surface area contributed by atoms with Crippen LogP contribution in [0.15, 0.2) is 18.2 Å². The van der Waals surface area contributed by atoms with E-state index in [1.807, 2.05) is 12.1 Å². The first kappa shape index (κ1) is 47.8. The van der Waals surface area contributed by atoms with E-state index in [4.69, 9.17) is 21.1 Å². The van der Waals surface area contributed by atoms with Gasteiger partial charge in [0.15, 0.2) is 11.5 Å². The molecule has 3 nitrogen and oxygen atoms in total. The van der Waals surface area contributed by atoms with Crippen molar-refractivity contribution in [3.8, 4) is 11.5 Å². The molecule has 0 aromatic heterocycles. The standard InChI is InChI=1S/C47H85ClO3/c1-3-5-7-9-11-13-15-17-19-21-23-25-27-29-31-33-35-37-42-50-45-41-39-40-44(47(48)49)46(45)51-43-38-36-34-32-30-28-26-24-22-20-18-16-14-12-10-8-6-4-2/h39-41H,3-38,42-43H2,1-2H3. The van der Waals surface area contributed by atoms with Crippen LogP contribution >= 0.6 is 11.6 Å². The maximum atomic E-state index is 12.1. The van der Waals surface area contributed by atoms with Crippen molar-refractivity contribution in [1.82, 2.24) is 0 Å². The highest BCUT2D eigenvalue weighted by atomic mass is 35.5. The summed E-state index contributed by atoms with van der Waals surface area (Å²) in [5.41, 5.74) is 0.411. The Morgan fingerprint density at radius 3 is 0.980 bits per heavy atom. The van der Waals surface area contributed by atoms with Crippen LogP contribution in [0.4, 0.5) is 0 Å². The van der Waals surface area contributed by atoms with Gasteiger partial charge >= 0.3 is 0 Å². The third-order valence-electron chi connectivity index (χ3n) is 10.7. The van der Waals surface area contributed by atoms with Crippen molar-refractivity contribution in [1.29, 1.82) is 0 Å². The van der Waals surface area contributed by atoms with Crippen molar-refractivity contribution in [2.45, 2.75) is 245 Å². The quantitative estimate of drug-likeness (QED) is 0.0497. The minimum absolute atomic E-state index is 0.411. The Morgan fingerprint density at radius 1 is 0.412 bits per heavy atom. The summed E-state index contributed by atoms with van der Waals surface area (Å²) in [5.74, 6) is 1.17. The van der Waals surface area contributed by atoms with E-state index in [-0.39, 0.29) is 0 Å². The molecule has 0 aliphatic heterocycles. The first-order valence-corrected chi connectivity index (χ1v) is 23.2. The number of halogens is 1. The molecule has 0 bridgehead atoms. The molecule has 0 heterocycles. The Kier molecular flexibility index (Phi) is 36.1. The van der Waals surface area contributed by atoms with Crippen molar-refractivity contribution in [2.24, 2.45) is 0 Å². The van der Waals surface area contributed by atoms with Crippen LogP contribution in [-0.4, -0.2) is 18.5 Å². The second kappa shape index (κ2) is 38.5. The molecule has 51 heavy (non-hydrogen) atoms. The SMILES string of the molecule is CCCCCCCCCCCCCCCCCCCCOc1cccc(C(=O)Cl)c1OCCCCCCCCCCCCCCCCCCCC. The molecule has 4 heteroatoms. The second-order valence-corrected chi connectivity index (χ2v) is 16.0. The van der Waals surface area contributed by atoms with E-state index >= 15 is 0 Å². The lowest BCUT2D eigenvalue weighted by molar-refractivity contribution is 0.107. The van der Waals surface area contributed by atoms with E-state index in [9.17, 15) is 4.79 Å². The molecule has 0 spiro atoms. The minimum Gasteiger partial charge on any atom is -0.490 e. The molecule has 1 aromatic carbocycles. The highest BCUT2D eigenvalue weighted by Gasteiger charge is 2.16. The van der Waals surface area contributed by atoms with E-state index in [1.54, 1.807) is 6.07 Å². The summed E-state index contributed by atoms with van der Waals surface area (Å²) < 4.78 is 12.2. The van der Waals surface area contributed by atoms with Gasteiger partial charge in [-0.25, -0.2) is 0 Å². The predicted molar refractivity (Wildman–Crippen MR) is 225 cm³/mol. The molecule has 0 saturated carbocycles. The van der Waals surface area contributed by atoms with Gasteiger partial charge in [-0.15, -0.1) is 0 Å². The fourth-order valence-corrected chi connectivity index (χ4v) is 7.45. The first-order valence-electron chi connectivity index (χ1n) is 22.8. The Bertz CT molecular complexity index is 871. The Hall–Kier alpha value is -1.22. The smallest absolute Gasteiger partial charge is 0.256 e. The number of carbonyl (C=O) groups is 1. The molecule has 0 atom stereocenters. The normalized spacial score (nSPS) is 11.4. The highest BCUT2D eigenvalue weighted by Crippen LogP contribution is 2.33. The van der Waals surface area contributed by atoms with Gasteiger partial charge in [0.05, 0.1) is 18.8 Å². The van der Waals surface area contributed by atoms with Crippen molar-refractivity contribution in [3.05, 3.63) is 23.8 Å². The number of ether oxygens (including phenoxy) is 2. The van der Waals surface area contributed by atoms with Gasteiger partial charge in [0.1, 0.15) is 0 Å². The average molecular weight is 734 g/mol. The molecule has 0 aliphatic rings. The predicted octanol–water partition coefficient (Wildman–Crippen LogP) is 16.9. The molecule has 0 fully saturated rings. The van der Waals surface area contributed by atoms with Crippen LogP contribution in [0.2, 0.25) is 0 Å². The second-order valence-electron chi connectivity index (χ2n) is 15.6. The lowest BCUT2D eigenvalue weighted by atomic mass is 10.0. The molecule has 0 amide bonds. The van der Waals surface area contributed by atoms with Gasteiger partial charge in [0.25, 0.3) is 5.24 Å². The van der Waals surface area contributed by atoms with Crippen LogP contribution in [0, 0.1) is 0 Å². The van der Waals surface area contributed by atoms with Gasteiger partial charge in [-0.2, -0.15) is 0 Å². The summed E-state index contributed by atoms with van der Waals surface area (Å²) in [4.78, 5) is 12.1. The fraction of sp³-hybridized carbons (Fsp3) is 0.851. The molecule has 1 aromatic rings. The summed E-state index contributed by atoms with van der Waals surface area (Å²) in [6, 6.07) is 5.48. The minimum atomic E-state index is -0.485. The summed E-state index contributed by atoms with van der Waals surface area (Å²) in [7, 11) is 0. The van der Waals surface area contributed by atoms with Crippen molar-refractivity contribution in [2.75, 3.05) is 13.2 Å². The lowest BCUT2D eigenvalue weighted by Crippen LogP contribution is -2.06. The molecule has 0 aliphatic carbocycles. The number of unbranched alkanes of at least 4 members (excludes halogenated alkanes) is 34. The van der Waals surface area contributed by atoms with Gasteiger partial charge in [0.2, 0.25) is 0 Å². The Morgan fingerprint density at radius 2 is 0.686 bits per heavy atom. The largest absolute Gasteiger partial charge is 0.490 e. The van der Waals surface area contributed by atoms with Crippen LogP contribution in [0.5, 0.6) is 11.5 Å². The fourth-order valence-electron chi connectivity index (χ4n) is 7.30. The van der Waals surface area contributed by atoms with E-state index < -0.39 is 5.24 Å². The topological polar surface area (TPSA) is 35.5 Å². The number of rotatable bonds is 41. The van der Waals surface area contributed by atoms with Crippen molar-refractivity contribution >= 4 is 16.8 Å². The van der Waals surface area contributed by atoms with Crippen molar-refractivity contribution in [3.63, 3.8) is 0 Å². The average Bonchev–Trinajstić information content (AvgIpc) is 3.13. The molecule has 0 saturated heterocycles. The monoisotopic (exact) mass is 733 g/mol. The third kappa shape index (κ3) is 30.9. The Labute approximate surface area is 323 Å². The summed E-state index contributed by atoms with van der Waals surface area (Å²) in [6.45, 7) is 5.82. The van der Waals surface area contributed by atoms with Gasteiger partial charge in [-0.3, -0.25) is 4.79 Å². The molecular weight excluding hydrogens is 648 g/mol. The van der Waals surface area contributed by atoms with Crippen LogP contribution in [0.25, 0.3) is 0 Å². The summed E-state index contributed by atoms with van der Waals surface area (Å²) in [5, 5.41) is -0.485. The van der Waals surface area contributed by atoms with Crippen LogP contribution in [-0.2, 0) is 0 Å². The van der Waals surface area contributed by atoms with E-state index in [0.29, 0.717) is 30.3 Å².